The number of nitrogens with one attached hydrogen (secondary N) is 2. The number of halogens is 2. The summed E-state index contributed by atoms with van der Waals surface area (Å²) < 4.78 is 11.6. The molecule has 5 rings (SSSR count). The number of benzene rings is 3. The van der Waals surface area contributed by atoms with Crippen LogP contribution in [-0.2, 0) is 4.79 Å². The largest absolute Gasteiger partial charge is 0.457 e. The van der Waals surface area contributed by atoms with Crippen molar-refractivity contribution in [2.24, 2.45) is 0 Å². The summed E-state index contributed by atoms with van der Waals surface area (Å²) in [4.78, 5) is 16.9. The molecule has 0 fully saturated rings. The van der Waals surface area contributed by atoms with Crippen molar-refractivity contribution in [2.45, 2.75) is 6.92 Å². The normalized spacial score (nSPS) is 11.2. The number of thiocarbonyl (C=S) groups is 1. The van der Waals surface area contributed by atoms with Crippen LogP contribution in [0.2, 0.25) is 10.0 Å². The van der Waals surface area contributed by atoms with Gasteiger partial charge in [-0.1, -0.05) is 40.9 Å². The smallest absolute Gasteiger partial charge is 0.250 e. The molecule has 2 heterocycles. The van der Waals surface area contributed by atoms with E-state index < -0.39 is 5.91 Å². The lowest BCUT2D eigenvalue weighted by atomic mass is 10.1. The van der Waals surface area contributed by atoms with Gasteiger partial charge in [-0.15, -0.1) is 0 Å². The molecule has 6 nitrogen and oxygen atoms in total. The predicted octanol–water partition coefficient (Wildman–Crippen LogP) is 7.90. The fraction of sp³-hybridized carbons (Fsp3) is 0.0357. The minimum Gasteiger partial charge on any atom is -0.457 e. The molecule has 37 heavy (non-hydrogen) atoms. The molecule has 3 aromatic carbocycles. The summed E-state index contributed by atoms with van der Waals surface area (Å²) in [5.74, 6) is 1.17. The molecule has 2 N–H and O–H groups in total. The van der Waals surface area contributed by atoms with E-state index in [9.17, 15) is 4.79 Å². The van der Waals surface area contributed by atoms with Gasteiger partial charge in [0.2, 0.25) is 11.8 Å². The maximum atomic E-state index is 12.4. The van der Waals surface area contributed by atoms with E-state index in [2.05, 4.69) is 15.6 Å². The van der Waals surface area contributed by atoms with Gasteiger partial charge in [0.15, 0.2) is 10.7 Å². The van der Waals surface area contributed by atoms with Crippen molar-refractivity contribution in [3.8, 4) is 22.8 Å². The van der Waals surface area contributed by atoms with Gasteiger partial charge in [0.05, 0.1) is 5.02 Å². The van der Waals surface area contributed by atoms with Gasteiger partial charge in [0, 0.05) is 27.9 Å². The fourth-order valence-corrected chi connectivity index (χ4v) is 4.38. The molecule has 0 aliphatic carbocycles. The van der Waals surface area contributed by atoms with Gasteiger partial charge in [-0.2, -0.15) is 0 Å². The first-order chi connectivity index (χ1) is 17.8. The van der Waals surface area contributed by atoms with Gasteiger partial charge >= 0.3 is 0 Å². The number of furan rings is 1. The molecule has 0 unspecified atom stereocenters. The predicted molar refractivity (Wildman–Crippen MR) is 152 cm³/mol. The van der Waals surface area contributed by atoms with Crippen molar-refractivity contribution in [3.05, 3.63) is 100 Å². The number of nitrogens with zero attached hydrogens (tertiary/aromatic N) is 1. The molecular weight excluding hydrogens is 529 g/mol. The molecule has 0 radical (unpaired) electrons. The lowest BCUT2D eigenvalue weighted by Crippen LogP contribution is -2.32. The van der Waals surface area contributed by atoms with Crippen molar-refractivity contribution in [1.82, 2.24) is 10.3 Å². The van der Waals surface area contributed by atoms with Crippen LogP contribution in [0.3, 0.4) is 0 Å². The third-order valence-electron chi connectivity index (χ3n) is 5.37. The molecule has 0 saturated carbocycles. The second-order valence-electron chi connectivity index (χ2n) is 8.17. The number of carbonyl (C=O) groups is 1. The summed E-state index contributed by atoms with van der Waals surface area (Å²) in [6.07, 6.45) is 2.87. The quantitative estimate of drug-likeness (QED) is 0.172. The van der Waals surface area contributed by atoms with Crippen molar-refractivity contribution in [3.63, 3.8) is 0 Å². The summed E-state index contributed by atoms with van der Waals surface area (Å²) in [5.41, 5.74) is 4.72. The average molecular weight is 548 g/mol. The fourth-order valence-electron chi connectivity index (χ4n) is 3.66. The molecule has 1 amide bonds. The van der Waals surface area contributed by atoms with Crippen molar-refractivity contribution >= 4 is 69.3 Å². The maximum absolute atomic E-state index is 12.4. The molecule has 0 spiro atoms. The Hall–Kier alpha value is -3.91. The molecule has 9 heteroatoms. The van der Waals surface area contributed by atoms with Crippen LogP contribution >= 0.6 is 35.4 Å². The summed E-state index contributed by atoms with van der Waals surface area (Å²) in [5, 5.41) is 6.76. The minimum atomic E-state index is -0.413. The van der Waals surface area contributed by atoms with Gasteiger partial charge in [-0.05, 0) is 85.9 Å². The Morgan fingerprint density at radius 2 is 1.86 bits per heavy atom. The zero-order valence-electron chi connectivity index (χ0n) is 19.4. The van der Waals surface area contributed by atoms with E-state index in [0.29, 0.717) is 49.8 Å². The second kappa shape index (κ2) is 10.6. The average Bonchev–Trinajstić information content (AvgIpc) is 3.49. The third-order valence-corrected chi connectivity index (χ3v) is 6.12. The number of rotatable bonds is 5. The van der Waals surface area contributed by atoms with Crippen LogP contribution in [0.15, 0.2) is 87.7 Å². The summed E-state index contributed by atoms with van der Waals surface area (Å²) in [6, 6.07) is 22.0. The number of aromatic nitrogens is 1. The molecule has 184 valence electrons. The molecule has 0 bridgehead atoms. The van der Waals surface area contributed by atoms with E-state index in [-0.39, 0.29) is 5.11 Å². The Labute approximate surface area is 227 Å². The van der Waals surface area contributed by atoms with Crippen LogP contribution in [-0.4, -0.2) is 16.0 Å². The molecular formula is C28H19Cl2N3O3S. The lowest BCUT2D eigenvalue weighted by molar-refractivity contribution is -0.115. The third kappa shape index (κ3) is 5.91. The van der Waals surface area contributed by atoms with E-state index in [1.807, 2.05) is 31.2 Å². The van der Waals surface area contributed by atoms with Gasteiger partial charge in [0.1, 0.15) is 17.0 Å². The Morgan fingerprint density at radius 3 is 2.68 bits per heavy atom. The van der Waals surface area contributed by atoms with Crippen LogP contribution in [0.5, 0.6) is 0 Å². The highest BCUT2D eigenvalue weighted by Gasteiger charge is 2.11. The Morgan fingerprint density at radius 1 is 1.00 bits per heavy atom. The number of oxazole rings is 1. The first kappa shape index (κ1) is 24.8. The number of hydrogen-bond acceptors (Lipinski definition) is 5. The number of carbonyl (C=O) groups excluding carboxylic acids is 1. The van der Waals surface area contributed by atoms with Crippen molar-refractivity contribution in [1.29, 1.82) is 0 Å². The second-order valence-corrected chi connectivity index (χ2v) is 9.43. The van der Waals surface area contributed by atoms with E-state index in [1.54, 1.807) is 54.6 Å². The van der Waals surface area contributed by atoms with E-state index in [4.69, 9.17) is 44.3 Å². The summed E-state index contributed by atoms with van der Waals surface area (Å²) in [7, 11) is 0. The zero-order chi connectivity index (χ0) is 25.9. The lowest BCUT2D eigenvalue weighted by Gasteiger charge is -2.07. The SMILES string of the molecule is Cc1cccc(-c2nc3cc(NC(=S)NC(=O)/C=C/c4ccc(-c5ccc(Cl)cc5Cl)o4)ccc3o2)c1. The number of aryl methyl sites for hydroxylation is 1. The number of anilines is 1. The summed E-state index contributed by atoms with van der Waals surface area (Å²) >= 11 is 17.5. The van der Waals surface area contributed by atoms with Crippen molar-refractivity contribution in [2.75, 3.05) is 5.32 Å². The Bertz CT molecular complexity index is 1670. The van der Waals surface area contributed by atoms with E-state index in [1.165, 1.54) is 6.08 Å². The van der Waals surface area contributed by atoms with Crippen LogP contribution in [0.1, 0.15) is 11.3 Å². The number of hydrogen-bond donors (Lipinski definition) is 2. The van der Waals surface area contributed by atoms with E-state index in [0.717, 1.165) is 11.1 Å². The van der Waals surface area contributed by atoms with Crippen LogP contribution in [0.4, 0.5) is 5.69 Å². The zero-order valence-corrected chi connectivity index (χ0v) is 21.7. The molecule has 0 aliphatic heterocycles. The monoisotopic (exact) mass is 547 g/mol. The first-order valence-corrected chi connectivity index (χ1v) is 12.3. The maximum Gasteiger partial charge on any atom is 0.250 e. The Kier molecular flexibility index (Phi) is 7.10. The van der Waals surface area contributed by atoms with Crippen molar-refractivity contribution < 1.29 is 13.6 Å². The highest BCUT2D eigenvalue weighted by Crippen LogP contribution is 2.32. The van der Waals surface area contributed by atoms with E-state index >= 15 is 0 Å². The summed E-state index contributed by atoms with van der Waals surface area (Å²) in [6.45, 7) is 2.02. The van der Waals surface area contributed by atoms with Gasteiger partial charge < -0.3 is 14.2 Å². The van der Waals surface area contributed by atoms with Crippen LogP contribution in [0, 0.1) is 6.92 Å². The standard InChI is InChI=1S/C28H19Cl2N3O3S/c1-16-3-2-4-17(13-16)27-32-23-15-19(6-10-25(23)36-27)31-28(37)33-26(34)12-8-20-7-11-24(35-20)21-9-5-18(29)14-22(21)30/h2-15H,1H3,(H2,31,33,34,37)/b12-8+. The first-order valence-electron chi connectivity index (χ1n) is 11.2. The Balaban J connectivity index is 1.21. The molecule has 2 aromatic heterocycles. The highest BCUT2D eigenvalue weighted by atomic mass is 35.5. The topological polar surface area (TPSA) is 80.3 Å². The van der Waals surface area contributed by atoms with Crippen LogP contribution in [0.25, 0.3) is 40.0 Å². The molecule has 0 saturated heterocycles. The van der Waals surface area contributed by atoms with Gasteiger partial charge in [-0.25, -0.2) is 4.98 Å². The molecule has 5 aromatic rings. The number of amides is 1. The molecule has 0 atom stereocenters. The highest BCUT2D eigenvalue weighted by molar-refractivity contribution is 7.80. The van der Waals surface area contributed by atoms with Crippen LogP contribution < -0.4 is 10.6 Å². The van der Waals surface area contributed by atoms with Gasteiger partial charge in [-0.3, -0.25) is 10.1 Å². The van der Waals surface area contributed by atoms with Gasteiger partial charge in [0.25, 0.3) is 0 Å². The minimum absolute atomic E-state index is 0.143. The number of fused-ring (bicyclic) bond motifs is 1. The molecule has 0 aliphatic rings.